The Balaban J connectivity index is 0. The lowest BCUT2D eigenvalue weighted by Gasteiger charge is -2.12. The van der Waals surface area contributed by atoms with E-state index in [1.807, 2.05) is 13.8 Å². The van der Waals surface area contributed by atoms with Crippen LogP contribution in [0.2, 0.25) is 0 Å². The van der Waals surface area contributed by atoms with Gasteiger partial charge in [0.05, 0.1) is 5.92 Å². The Labute approximate surface area is 131 Å². The van der Waals surface area contributed by atoms with Crippen LogP contribution >= 0.6 is 11.6 Å². The van der Waals surface area contributed by atoms with E-state index in [0.29, 0.717) is 19.4 Å². The zero-order valence-electron chi connectivity index (χ0n) is 12.7. The van der Waals surface area contributed by atoms with Gasteiger partial charge in [-0.15, -0.1) is 0 Å². The minimum Gasteiger partial charge on any atom is -0.481 e. The van der Waals surface area contributed by atoms with Gasteiger partial charge in [0.2, 0.25) is 0 Å². The average molecular weight is 323 g/mol. The lowest BCUT2D eigenvalue weighted by atomic mass is 9.93. The highest BCUT2D eigenvalue weighted by Gasteiger charge is 2.19. The topological polar surface area (TPSA) is 127 Å². The first-order valence-corrected chi connectivity index (χ1v) is 7.38. The van der Waals surface area contributed by atoms with Crippen LogP contribution in [0.5, 0.6) is 0 Å². The molecule has 6 N–H and O–H groups in total. The molecule has 0 bridgehead atoms. The number of carbonyl (C=O) groups is 2. The third kappa shape index (κ3) is 13.6. The van der Waals surface area contributed by atoms with Crippen molar-refractivity contribution >= 4 is 23.5 Å². The SMILES string of the molecule is CC(C)[C@H](C/C=C/Cl)C(=O)O.NCCCC[C@H](N)C(=O)O. The molecule has 6 nitrogen and oxygen atoms in total. The molecule has 0 aromatic heterocycles. The number of nitrogens with two attached hydrogens (primary N) is 2. The monoisotopic (exact) mass is 322 g/mol. The van der Waals surface area contributed by atoms with Crippen molar-refractivity contribution in [2.45, 2.75) is 45.6 Å². The Kier molecular flexibility index (Phi) is 14.6. The number of unbranched alkanes of at least 4 members (excludes halogenated alkanes) is 1. The van der Waals surface area contributed by atoms with Crippen LogP contribution in [-0.2, 0) is 9.59 Å². The van der Waals surface area contributed by atoms with Gasteiger partial charge in [-0.25, -0.2) is 0 Å². The Morgan fingerprint density at radius 3 is 2.10 bits per heavy atom. The van der Waals surface area contributed by atoms with Crippen LogP contribution in [0.1, 0.15) is 39.5 Å². The molecular formula is C14H27ClN2O4. The average Bonchev–Trinajstić information content (AvgIpc) is 2.39. The second kappa shape index (κ2) is 13.9. The van der Waals surface area contributed by atoms with Crippen molar-refractivity contribution < 1.29 is 19.8 Å². The van der Waals surface area contributed by atoms with Gasteiger partial charge in [-0.3, -0.25) is 9.59 Å². The molecule has 0 fully saturated rings. The summed E-state index contributed by atoms with van der Waals surface area (Å²) in [5.74, 6) is -1.85. The first-order valence-electron chi connectivity index (χ1n) is 6.94. The number of carboxylic acid groups (broad SMARTS) is 2. The molecule has 0 aromatic carbocycles. The van der Waals surface area contributed by atoms with Crippen molar-refractivity contribution in [1.82, 2.24) is 0 Å². The zero-order valence-corrected chi connectivity index (χ0v) is 13.4. The van der Waals surface area contributed by atoms with Crippen LogP contribution in [0.3, 0.4) is 0 Å². The van der Waals surface area contributed by atoms with E-state index in [1.165, 1.54) is 5.54 Å². The van der Waals surface area contributed by atoms with Crippen molar-refractivity contribution in [3.05, 3.63) is 11.6 Å². The normalized spacial score (nSPS) is 13.6. The number of rotatable bonds is 9. The number of aliphatic carboxylic acids is 2. The smallest absolute Gasteiger partial charge is 0.320 e. The summed E-state index contributed by atoms with van der Waals surface area (Å²) in [4.78, 5) is 20.7. The second-order valence-electron chi connectivity index (χ2n) is 5.02. The van der Waals surface area contributed by atoms with Crippen molar-refractivity contribution in [3.63, 3.8) is 0 Å². The quantitative estimate of drug-likeness (QED) is 0.481. The largest absolute Gasteiger partial charge is 0.481 e. The molecule has 0 aromatic rings. The third-order valence-electron chi connectivity index (χ3n) is 2.89. The molecule has 0 saturated carbocycles. The first-order chi connectivity index (χ1) is 9.77. The molecule has 124 valence electrons. The zero-order chi connectivity index (χ0) is 16.8. The predicted molar refractivity (Wildman–Crippen MR) is 84.1 cm³/mol. The van der Waals surface area contributed by atoms with Crippen LogP contribution in [-0.4, -0.2) is 34.7 Å². The van der Waals surface area contributed by atoms with Crippen LogP contribution in [0.4, 0.5) is 0 Å². The summed E-state index contributed by atoms with van der Waals surface area (Å²) in [6.07, 6.45) is 4.34. The van der Waals surface area contributed by atoms with Gasteiger partial charge in [0.15, 0.2) is 0 Å². The van der Waals surface area contributed by atoms with Crippen molar-refractivity contribution in [2.75, 3.05) is 6.54 Å². The molecule has 0 aliphatic carbocycles. The highest BCUT2D eigenvalue weighted by atomic mass is 35.5. The van der Waals surface area contributed by atoms with Crippen LogP contribution in [0, 0.1) is 11.8 Å². The molecule has 7 heteroatoms. The lowest BCUT2D eigenvalue weighted by molar-refractivity contribution is -0.143. The molecule has 0 heterocycles. The summed E-state index contributed by atoms with van der Waals surface area (Å²) in [6, 6.07) is -0.716. The Bertz CT molecular complexity index is 322. The summed E-state index contributed by atoms with van der Waals surface area (Å²) in [5.41, 5.74) is 11.8. The second-order valence-corrected chi connectivity index (χ2v) is 5.27. The molecule has 0 unspecified atom stereocenters. The van der Waals surface area contributed by atoms with Crippen molar-refractivity contribution in [3.8, 4) is 0 Å². The van der Waals surface area contributed by atoms with Crippen LogP contribution in [0.15, 0.2) is 11.6 Å². The highest BCUT2D eigenvalue weighted by Crippen LogP contribution is 2.15. The number of halogens is 1. The maximum Gasteiger partial charge on any atom is 0.320 e. The summed E-state index contributed by atoms with van der Waals surface area (Å²) in [6.45, 7) is 4.38. The predicted octanol–water partition coefficient (Wildman–Crippen LogP) is 2.01. The summed E-state index contributed by atoms with van der Waals surface area (Å²) < 4.78 is 0. The molecule has 0 aliphatic heterocycles. The van der Waals surface area contributed by atoms with Gasteiger partial charge >= 0.3 is 11.9 Å². The minimum atomic E-state index is -0.933. The van der Waals surface area contributed by atoms with E-state index in [-0.39, 0.29) is 11.8 Å². The molecule has 0 spiro atoms. The number of allylic oxidation sites excluding steroid dienone is 1. The molecule has 2 atom stereocenters. The Hall–Kier alpha value is -1.11. The Morgan fingerprint density at radius 2 is 1.76 bits per heavy atom. The fourth-order valence-corrected chi connectivity index (χ4v) is 1.59. The maximum absolute atomic E-state index is 10.6. The van der Waals surface area contributed by atoms with E-state index in [0.717, 1.165) is 12.8 Å². The Morgan fingerprint density at radius 1 is 1.19 bits per heavy atom. The fraction of sp³-hybridized carbons (Fsp3) is 0.714. The fourth-order valence-electron chi connectivity index (χ4n) is 1.49. The van der Waals surface area contributed by atoms with E-state index in [9.17, 15) is 9.59 Å². The first kappa shape index (κ1) is 22.2. The molecule has 21 heavy (non-hydrogen) atoms. The number of carboxylic acids is 2. The molecule has 0 rings (SSSR count). The standard InChI is InChI=1S/C8H13ClO2.C6H14N2O2/c1-6(2)7(8(10)11)4-3-5-9;7-4-2-1-3-5(8)6(9)10/h3,5-7H,4H2,1-2H3,(H,10,11);5H,1-4,7-8H2,(H,9,10)/b5-3+;/t7-;5-/m00/s1. The summed E-state index contributed by atoms with van der Waals surface area (Å²) >= 11 is 5.28. The summed E-state index contributed by atoms with van der Waals surface area (Å²) in [7, 11) is 0. The van der Waals surface area contributed by atoms with Gasteiger partial charge in [-0.2, -0.15) is 0 Å². The van der Waals surface area contributed by atoms with Gasteiger partial charge in [-0.1, -0.05) is 37.9 Å². The lowest BCUT2D eigenvalue weighted by Crippen LogP contribution is -2.29. The van der Waals surface area contributed by atoms with Gasteiger partial charge in [0.1, 0.15) is 6.04 Å². The van der Waals surface area contributed by atoms with Gasteiger partial charge in [0.25, 0.3) is 0 Å². The van der Waals surface area contributed by atoms with E-state index in [1.54, 1.807) is 6.08 Å². The van der Waals surface area contributed by atoms with Crippen LogP contribution in [0.25, 0.3) is 0 Å². The van der Waals surface area contributed by atoms with Crippen LogP contribution < -0.4 is 11.5 Å². The van der Waals surface area contributed by atoms with E-state index in [4.69, 9.17) is 33.3 Å². The van der Waals surface area contributed by atoms with Gasteiger partial charge in [-0.05, 0) is 31.7 Å². The molecule has 0 saturated heterocycles. The van der Waals surface area contributed by atoms with Gasteiger partial charge < -0.3 is 21.7 Å². The molecule has 0 amide bonds. The summed E-state index contributed by atoms with van der Waals surface area (Å²) in [5, 5.41) is 17.0. The molecule has 0 aliphatic rings. The minimum absolute atomic E-state index is 0.153. The van der Waals surface area contributed by atoms with E-state index < -0.39 is 18.0 Å². The van der Waals surface area contributed by atoms with E-state index >= 15 is 0 Å². The highest BCUT2D eigenvalue weighted by molar-refractivity contribution is 6.25. The third-order valence-corrected chi connectivity index (χ3v) is 3.07. The van der Waals surface area contributed by atoms with E-state index in [2.05, 4.69) is 0 Å². The number of hydrogen-bond acceptors (Lipinski definition) is 4. The van der Waals surface area contributed by atoms with Crippen molar-refractivity contribution in [1.29, 1.82) is 0 Å². The van der Waals surface area contributed by atoms with Gasteiger partial charge in [0, 0.05) is 5.54 Å². The number of hydrogen-bond donors (Lipinski definition) is 4. The maximum atomic E-state index is 10.6. The molecule has 0 radical (unpaired) electrons. The van der Waals surface area contributed by atoms with Crippen molar-refractivity contribution in [2.24, 2.45) is 23.3 Å². The molecular weight excluding hydrogens is 296 g/mol.